The van der Waals surface area contributed by atoms with Crippen molar-refractivity contribution in [2.75, 3.05) is 0 Å². The first-order chi connectivity index (χ1) is 15.4. The van der Waals surface area contributed by atoms with Gasteiger partial charge in [-0.15, -0.1) is 0 Å². The molecule has 178 valence electrons. The number of carbonyl (C=O) groups is 2. The number of ketones is 1. The molecule has 2 aliphatic carbocycles. The van der Waals surface area contributed by atoms with Crippen LogP contribution in [0.4, 0.5) is 13.2 Å². The zero-order chi connectivity index (χ0) is 24.1. The standard InChI is InChI=1S/C25H30F3N3O2/c1-14-4-6-15(7-5-14)10-16-11-17(8-9-18(16)23(29)33)31-19-12-24(2,3)13-20(32)21(19)22(30-31)25(26,27)28/h8-9,11,14-15H,4-7,10,12-13H2,1-3H3,(H2,29,33). The van der Waals surface area contributed by atoms with Crippen LogP contribution in [0.3, 0.4) is 0 Å². The van der Waals surface area contributed by atoms with E-state index in [0.29, 0.717) is 35.9 Å². The van der Waals surface area contributed by atoms with Crippen molar-refractivity contribution in [1.82, 2.24) is 9.78 Å². The van der Waals surface area contributed by atoms with Crippen LogP contribution >= 0.6 is 0 Å². The molecule has 1 saturated carbocycles. The van der Waals surface area contributed by atoms with Crippen molar-refractivity contribution in [3.63, 3.8) is 0 Å². The normalized spacial score (nSPS) is 22.8. The van der Waals surface area contributed by atoms with E-state index in [4.69, 9.17) is 5.73 Å². The fourth-order valence-electron chi connectivity index (χ4n) is 5.33. The first-order valence-electron chi connectivity index (χ1n) is 11.5. The van der Waals surface area contributed by atoms with Crippen molar-refractivity contribution < 1.29 is 22.8 Å². The molecule has 8 heteroatoms. The first kappa shape index (κ1) is 23.5. The summed E-state index contributed by atoms with van der Waals surface area (Å²) >= 11 is 0. The third-order valence-corrected chi connectivity index (χ3v) is 7.06. The van der Waals surface area contributed by atoms with E-state index in [2.05, 4.69) is 12.0 Å². The number of primary amides is 1. The van der Waals surface area contributed by atoms with Crippen LogP contribution in [-0.2, 0) is 19.0 Å². The number of rotatable bonds is 4. The van der Waals surface area contributed by atoms with Crippen molar-refractivity contribution in [3.8, 4) is 5.69 Å². The monoisotopic (exact) mass is 461 g/mol. The Hall–Kier alpha value is -2.64. The van der Waals surface area contributed by atoms with Crippen LogP contribution in [0, 0.1) is 17.3 Å². The summed E-state index contributed by atoms with van der Waals surface area (Å²) in [7, 11) is 0. The third kappa shape index (κ3) is 4.70. The summed E-state index contributed by atoms with van der Waals surface area (Å²) in [5.74, 6) is -0.0200. The minimum atomic E-state index is -4.73. The van der Waals surface area contributed by atoms with Crippen molar-refractivity contribution >= 4 is 11.7 Å². The highest BCUT2D eigenvalue weighted by Gasteiger charge is 2.45. The van der Waals surface area contributed by atoms with Crippen LogP contribution in [-0.4, -0.2) is 21.5 Å². The maximum Gasteiger partial charge on any atom is 0.435 e. The number of Topliss-reactive ketones (excluding diaryl/α,β-unsaturated/α-hetero) is 1. The Kier molecular flexibility index (Phi) is 5.91. The quantitative estimate of drug-likeness (QED) is 0.652. The highest BCUT2D eigenvalue weighted by Crippen LogP contribution is 2.42. The maximum atomic E-state index is 13.8. The summed E-state index contributed by atoms with van der Waals surface area (Å²) in [4.78, 5) is 24.8. The SMILES string of the molecule is CC1CCC(Cc2cc(-n3nc(C(F)(F)F)c4c3CC(C)(C)CC4=O)ccc2C(N)=O)CC1. The van der Waals surface area contributed by atoms with Crippen molar-refractivity contribution in [2.24, 2.45) is 23.0 Å². The van der Waals surface area contributed by atoms with E-state index in [1.165, 1.54) is 4.68 Å². The molecule has 1 heterocycles. The lowest BCUT2D eigenvalue weighted by Gasteiger charge is -2.29. The van der Waals surface area contributed by atoms with Gasteiger partial charge in [0, 0.05) is 12.0 Å². The second-order valence-corrected chi connectivity index (χ2v) is 10.6. The minimum Gasteiger partial charge on any atom is -0.366 e. The average Bonchev–Trinajstić information content (AvgIpc) is 3.08. The number of benzene rings is 1. The van der Waals surface area contributed by atoms with Crippen LogP contribution < -0.4 is 5.73 Å². The number of amides is 1. The fourth-order valence-corrected chi connectivity index (χ4v) is 5.33. The average molecular weight is 462 g/mol. The molecule has 0 radical (unpaired) electrons. The van der Waals surface area contributed by atoms with Gasteiger partial charge in [0.1, 0.15) is 0 Å². The number of hydrogen-bond acceptors (Lipinski definition) is 3. The second kappa shape index (κ2) is 8.29. The van der Waals surface area contributed by atoms with Gasteiger partial charge in [0.2, 0.25) is 5.91 Å². The molecule has 1 amide bonds. The Bertz CT molecular complexity index is 1090. The molecule has 5 nitrogen and oxygen atoms in total. The number of carbonyl (C=O) groups excluding carboxylic acids is 2. The predicted octanol–water partition coefficient (Wildman–Crippen LogP) is 5.51. The fraction of sp³-hybridized carbons (Fsp3) is 0.560. The second-order valence-electron chi connectivity index (χ2n) is 10.6. The first-order valence-corrected chi connectivity index (χ1v) is 11.5. The van der Waals surface area contributed by atoms with Gasteiger partial charge in [0.05, 0.1) is 16.9 Å². The molecule has 0 unspecified atom stereocenters. The Morgan fingerprint density at radius 2 is 1.85 bits per heavy atom. The van der Waals surface area contributed by atoms with Crippen molar-refractivity contribution in [2.45, 2.75) is 71.9 Å². The van der Waals surface area contributed by atoms with Crippen LogP contribution in [0.15, 0.2) is 18.2 Å². The lowest BCUT2D eigenvalue weighted by Crippen LogP contribution is -2.29. The molecular formula is C25H30F3N3O2. The molecule has 0 saturated heterocycles. The van der Waals surface area contributed by atoms with Crippen LogP contribution in [0.5, 0.6) is 0 Å². The van der Waals surface area contributed by atoms with E-state index < -0.39 is 29.0 Å². The smallest absolute Gasteiger partial charge is 0.366 e. The number of aromatic nitrogens is 2. The Morgan fingerprint density at radius 1 is 1.18 bits per heavy atom. The highest BCUT2D eigenvalue weighted by molar-refractivity contribution is 6.00. The lowest BCUT2D eigenvalue weighted by molar-refractivity contribution is -0.141. The topological polar surface area (TPSA) is 78.0 Å². The van der Waals surface area contributed by atoms with E-state index in [9.17, 15) is 22.8 Å². The van der Waals surface area contributed by atoms with Gasteiger partial charge < -0.3 is 5.73 Å². The van der Waals surface area contributed by atoms with E-state index in [1.807, 2.05) is 13.8 Å². The number of nitrogens with two attached hydrogens (primary N) is 1. The Balaban J connectivity index is 1.81. The van der Waals surface area contributed by atoms with Gasteiger partial charge in [-0.25, -0.2) is 4.68 Å². The third-order valence-electron chi connectivity index (χ3n) is 7.06. The largest absolute Gasteiger partial charge is 0.435 e. The minimum absolute atomic E-state index is 0.0424. The molecule has 1 aromatic carbocycles. The summed E-state index contributed by atoms with van der Waals surface area (Å²) in [6, 6.07) is 4.85. The van der Waals surface area contributed by atoms with Gasteiger partial charge in [-0.3, -0.25) is 9.59 Å². The number of halogens is 3. The summed E-state index contributed by atoms with van der Waals surface area (Å²) in [5, 5.41) is 3.88. The van der Waals surface area contributed by atoms with Gasteiger partial charge in [-0.1, -0.05) is 33.6 Å². The van der Waals surface area contributed by atoms with Gasteiger partial charge in [-0.05, 0) is 66.7 Å². The van der Waals surface area contributed by atoms with Crippen LogP contribution in [0.1, 0.15) is 90.5 Å². The van der Waals surface area contributed by atoms with Gasteiger partial charge in [0.15, 0.2) is 11.5 Å². The molecule has 2 N–H and O–H groups in total. The van der Waals surface area contributed by atoms with Crippen LogP contribution in [0.2, 0.25) is 0 Å². The molecule has 1 aromatic heterocycles. The molecule has 2 aromatic rings. The highest BCUT2D eigenvalue weighted by atomic mass is 19.4. The van der Waals surface area contributed by atoms with Gasteiger partial charge >= 0.3 is 6.18 Å². The van der Waals surface area contributed by atoms with E-state index in [-0.39, 0.29) is 17.7 Å². The molecule has 4 rings (SSSR count). The summed E-state index contributed by atoms with van der Waals surface area (Å²) in [6.07, 6.45) is 0.568. The van der Waals surface area contributed by atoms with Crippen molar-refractivity contribution in [3.05, 3.63) is 46.3 Å². The number of hydrogen-bond donors (Lipinski definition) is 1. The van der Waals surface area contributed by atoms with E-state index in [0.717, 1.165) is 31.2 Å². The summed E-state index contributed by atoms with van der Waals surface area (Å²) in [6.45, 7) is 5.96. The Labute approximate surface area is 191 Å². The van der Waals surface area contributed by atoms with Crippen molar-refractivity contribution in [1.29, 1.82) is 0 Å². The zero-order valence-electron chi connectivity index (χ0n) is 19.3. The summed E-state index contributed by atoms with van der Waals surface area (Å²) < 4.78 is 42.6. The van der Waals surface area contributed by atoms with E-state index >= 15 is 0 Å². The maximum absolute atomic E-state index is 13.8. The molecule has 1 fully saturated rings. The zero-order valence-corrected chi connectivity index (χ0v) is 19.3. The predicted molar refractivity (Wildman–Crippen MR) is 118 cm³/mol. The molecule has 0 spiro atoms. The molecule has 0 atom stereocenters. The Morgan fingerprint density at radius 3 is 2.45 bits per heavy atom. The number of alkyl halides is 3. The van der Waals surface area contributed by atoms with Gasteiger partial charge in [0.25, 0.3) is 0 Å². The molecule has 0 aliphatic heterocycles. The molecular weight excluding hydrogens is 431 g/mol. The van der Waals surface area contributed by atoms with E-state index in [1.54, 1.807) is 18.2 Å². The molecule has 2 aliphatic rings. The number of nitrogens with zero attached hydrogens (tertiary/aromatic N) is 2. The van der Waals surface area contributed by atoms with Gasteiger partial charge in [-0.2, -0.15) is 18.3 Å². The lowest BCUT2D eigenvalue weighted by atomic mass is 9.75. The molecule has 33 heavy (non-hydrogen) atoms. The molecule has 0 bridgehead atoms. The van der Waals surface area contributed by atoms with Crippen LogP contribution in [0.25, 0.3) is 5.69 Å². The number of fused-ring (bicyclic) bond motifs is 1. The summed E-state index contributed by atoms with van der Waals surface area (Å²) in [5.41, 5.74) is 5.45.